The summed E-state index contributed by atoms with van der Waals surface area (Å²) in [4.78, 5) is 195. The van der Waals surface area contributed by atoms with Crippen LogP contribution < -0.4 is 21.3 Å². The summed E-state index contributed by atoms with van der Waals surface area (Å²) in [5.74, 6) is -7.10. The van der Waals surface area contributed by atoms with Gasteiger partial charge in [0.05, 0.1) is 0 Å². The third-order valence-corrected chi connectivity index (χ3v) is 17.9. The number of carbonyl (C=O) groups is 16. The van der Waals surface area contributed by atoms with Gasteiger partial charge < -0.3 is 97.1 Å². The number of hydrogen-bond donors (Lipinski definition) is 4. The van der Waals surface area contributed by atoms with Crippen molar-refractivity contribution >= 4 is 96.0 Å². The Kier molecular flexibility index (Phi) is 48.5. The summed E-state index contributed by atoms with van der Waals surface area (Å²) in [6.07, 6.45) is 1.53. The van der Waals surface area contributed by atoms with Crippen molar-refractivity contribution in [1.29, 1.82) is 0 Å². The van der Waals surface area contributed by atoms with Gasteiger partial charge in [0.25, 0.3) is 0 Å². The molecule has 2 fully saturated rings. The molecule has 0 saturated heterocycles. The second-order valence-corrected chi connectivity index (χ2v) is 31.5. The molecular formula is C90H122N4O32. The van der Waals surface area contributed by atoms with Gasteiger partial charge >= 0.3 is 96.0 Å². The molecule has 2 aliphatic carbocycles. The van der Waals surface area contributed by atoms with Crippen molar-refractivity contribution in [3.8, 4) is 0 Å². The van der Waals surface area contributed by atoms with Gasteiger partial charge in [-0.3, -0.25) is 0 Å². The number of benzene rings is 1. The molecule has 0 aliphatic heterocycles. The maximum atomic E-state index is 12.9. The first-order valence-electron chi connectivity index (χ1n) is 39.4. The number of ether oxygens (including phenoxy) is 16. The van der Waals surface area contributed by atoms with Crippen LogP contribution in [0.5, 0.6) is 0 Å². The van der Waals surface area contributed by atoms with E-state index >= 15 is 0 Å². The smallest absolute Gasteiger partial charge is 0.407 e. The van der Waals surface area contributed by atoms with Gasteiger partial charge in [-0.05, 0) is 138 Å². The van der Waals surface area contributed by atoms with E-state index in [0.29, 0.717) is 36.1 Å². The summed E-state index contributed by atoms with van der Waals surface area (Å²) in [6.45, 7) is 54.9. The molecular weight excluding hydrogens is 1650 g/mol. The van der Waals surface area contributed by atoms with Gasteiger partial charge in [0.2, 0.25) is 0 Å². The predicted octanol–water partition coefficient (Wildman–Crippen LogP) is 10.4. The zero-order valence-electron chi connectivity index (χ0n) is 74.6. The van der Waals surface area contributed by atoms with E-state index in [1.54, 1.807) is 31.2 Å². The summed E-state index contributed by atoms with van der Waals surface area (Å²) in [6, 6.07) is 6.67. The Morgan fingerprint density at radius 3 is 0.643 bits per heavy atom. The monoisotopic (exact) mass is 1770 g/mol. The van der Waals surface area contributed by atoms with Crippen molar-refractivity contribution in [2.75, 3.05) is 119 Å². The van der Waals surface area contributed by atoms with Gasteiger partial charge in [0.15, 0.2) is 0 Å². The highest BCUT2D eigenvalue weighted by molar-refractivity contribution is 5.92. The molecule has 2 saturated carbocycles. The fourth-order valence-electron chi connectivity index (χ4n) is 10.4. The minimum absolute atomic E-state index is 0.0585. The van der Waals surface area contributed by atoms with Crippen LogP contribution in [0.3, 0.4) is 0 Å². The van der Waals surface area contributed by atoms with Crippen LogP contribution in [-0.2, 0) is 146 Å². The van der Waals surface area contributed by atoms with E-state index in [2.05, 4.69) is 100 Å². The number of carbonyl (C=O) groups excluding carboxylic acids is 16. The standard InChI is InChI=1S/C44H56N2O16.C26H37NO8.C20H29NO8/c1-27(2)35(47)55-19-43(20-56-36(48)28(3)4,21-57-37(49)29(5)6)25-61-41(53)45-17-33-14-13-15-34(16-33)18-46-42(54)62-26-44(22-58-38(50)30(7)8,23-59-39(51)31(9)10)24-60-40(52)32(11)12;1-16(2)22(28)32-12-26(13-33-23(29)17(3)4,14-34-24(30)18(5)6)15-35-25(31)27-11-21-10-19-7-8-20(21)9-19;1-8-21-19(25)29-12-20(9-26-16(22)13(2)3,10-27-17(23)14(4)5)11-28-18(24)15(6)7/h13-16H,1,3,5,7,9,11,17-26H2,2,4,6,8,10,12H3,(H,45,53)(H,46,54);19-21H,1,3,5,7-15H2,2,4,6H3,(H,27,31);2,4,6,8-12H2,1,3,5,7H3,(H,21,25). The highest BCUT2D eigenvalue weighted by atomic mass is 16.6. The van der Waals surface area contributed by atoms with Crippen molar-refractivity contribution in [1.82, 2.24) is 21.3 Å². The quantitative estimate of drug-likeness (QED) is 0.0267. The van der Waals surface area contributed by atoms with Crippen LogP contribution in [0.1, 0.15) is 127 Å². The zero-order chi connectivity index (χ0) is 96.0. The normalized spacial score (nSPS) is 13.3. The van der Waals surface area contributed by atoms with Crippen LogP contribution in [0.15, 0.2) is 170 Å². The Balaban J connectivity index is 0.00000104. The van der Waals surface area contributed by atoms with Crippen molar-refractivity contribution in [3.05, 3.63) is 181 Å². The molecule has 36 nitrogen and oxygen atoms in total. The third kappa shape index (κ3) is 43.2. The summed E-state index contributed by atoms with van der Waals surface area (Å²) < 4.78 is 84.6. The molecule has 0 radical (unpaired) electrons. The van der Waals surface area contributed by atoms with Crippen LogP contribution in [0, 0.1) is 39.4 Å². The van der Waals surface area contributed by atoms with Crippen molar-refractivity contribution in [2.24, 2.45) is 39.4 Å². The molecule has 126 heavy (non-hydrogen) atoms. The number of fused-ring (bicyclic) bond motifs is 2. The number of esters is 12. The van der Waals surface area contributed by atoms with Crippen molar-refractivity contribution in [3.63, 3.8) is 0 Å². The molecule has 0 heterocycles. The number of nitrogens with one attached hydrogen (secondary N) is 4. The highest BCUT2D eigenvalue weighted by Crippen LogP contribution is 2.48. The van der Waals surface area contributed by atoms with E-state index in [1.807, 2.05) is 0 Å². The molecule has 3 rings (SSSR count). The van der Waals surface area contributed by atoms with Crippen LogP contribution in [-0.4, -0.2) is 215 Å². The van der Waals surface area contributed by atoms with Crippen LogP contribution in [0.25, 0.3) is 0 Å². The Bertz CT molecular complexity index is 3860. The molecule has 0 spiro atoms. The second-order valence-electron chi connectivity index (χ2n) is 31.5. The molecule has 3 unspecified atom stereocenters. The first kappa shape index (κ1) is 111. The molecule has 36 heteroatoms. The summed E-state index contributed by atoms with van der Waals surface area (Å²) in [7, 11) is 0. The summed E-state index contributed by atoms with van der Waals surface area (Å²) in [5.41, 5.74) is -3.46. The molecule has 4 N–H and O–H groups in total. The highest BCUT2D eigenvalue weighted by Gasteiger charge is 2.44. The molecule has 4 amide bonds. The zero-order valence-corrected chi connectivity index (χ0v) is 74.6. The summed E-state index contributed by atoms with van der Waals surface area (Å²) >= 11 is 0. The van der Waals surface area contributed by atoms with Gasteiger partial charge in [0.1, 0.15) is 127 Å². The average Bonchev–Trinajstić information content (AvgIpc) is 1.56. The minimum atomic E-state index is -1.56. The lowest BCUT2D eigenvalue weighted by Gasteiger charge is -2.31. The molecule has 1 aromatic rings. The lowest BCUT2D eigenvalue weighted by atomic mass is 9.89. The molecule has 2 aliphatic rings. The van der Waals surface area contributed by atoms with Gasteiger partial charge in [-0.25, -0.2) is 76.7 Å². The Hall–Kier alpha value is -13.2. The van der Waals surface area contributed by atoms with Crippen molar-refractivity contribution < 1.29 is 153 Å². The average molecular weight is 1770 g/mol. The first-order valence-corrected chi connectivity index (χ1v) is 39.4. The van der Waals surface area contributed by atoms with Gasteiger partial charge in [-0.2, -0.15) is 0 Å². The second kappa shape index (κ2) is 55.1. The lowest BCUT2D eigenvalue weighted by molar-refractivity contribution is -0.162. The molecule has 694 valence electrons. The van der Waals surface area contributed by atoms with E-state index in [4.69, 9.17) is 75.8 Å². The lowest BCUT2D eigenvalue weighted by Crippen LogP contribution is -2.45. The molecule has 3 atom stereocenters. The Labute approximate surface area is 734 Å². The number of hydrogen-bond acceptors (Lipinski definition) is 32. The van der Waals surface area contributed by atoms with E-state index in [-0.39, 0.29) is 133 Å². The maximum absolute atomic E-state index is 12.9. The number of rotatable bonds is 51. The van der Waals surface area contributed by atoms with Gasteiger partial charge in [0, 0.05) is 93.1 Å². The number of amides is 4. The van der Waals surface area contributed by atoms with Crippen LogP contribution >= 0.6 is 0 Å². The van der Waals surface area contributed by atoms with E-state index in [1.165, 1.54) is 102 Å². The largest absolute Gasteiger partial charge is 0.461 e. The van der Waals surface area contributed by atoms with Crippen LogP contribution in [0.2, 0.25) is 0 Å². The third-order valence-electron chi connectivity index (χ3n) is 17.9. The van der Waals surface area contributed by atoms with E-state index in [9.17, 15) is 76.7 Å². The topological polar surface area (TPSA) is 469 Å². The predicted molar refractivity (Wildman–Crippen MR) is 455 cm³/mol. The fraction of sp³-hybridized carbons (Fsp3) is 0.489. The number of alkyl carbamates (subject to hydrolysis) is 4. The van der Waals surface area contributed by atoms with E-state index in [0.717, 1.165) is 12.3 Å². The SMILES string of the molecule is C=C(C)C(=O)OCC(COC(=O)NCC)(COC(=O)C(=C)C)COC(=O)C(=C)C.C=C(C)C(=O)OCC(COC(=O)NCC1CC2CCC1C2)(COC(=O)C(=C)C)COC(=O)C(=C)C.C=C(C)C(=O)OCC(COC(=O)NCc1cccc(CNC(=O)OCC(COC(=O)C(=C)C)(COC(=O)C(=C)C)COC(=O)C(=C)C)c1)(COC(=O)C(=C)C)COC(=O)C(=C)C. The Morgan fingerprint density at radius 2 is 0.468 bits per heavy atom. The fourth-order valence-corrected chi connectivity index (χ4v) is 10.4. The van der Waals surface area contributed by atoms with Gasteiger partial charge in [-0.15, -0.1) is 0 Å². The minimum Gasteiger partial charge on any atom is -0.461 e. The first-order chi connectivity index (χ1) is 58.8. The summed E-state index contributed by atoms with van der Waals surface area (Å²) in [5, 5.41) is 10.4. The van der Waals surface area contributed by atoms with Crippen LogP contribution in [0.4, 0.5) is 19.2 Å². The molecule has 2 bridgehead atoms. The molecule has 0 aromatic heterocycles. The van der Waals surface area contributed by atoms with Gasteiger partial charge in [-0.1, -0.05) is 110 Å². The maximum Gasteiger partial charge on any atom is 0.407 e. The molecule has 1 aromatic carbocycles. The van der Waals surface area contributed by atoms with E-state index < -0.39 is 171 Å². The Morgan fingerprint density at radius 1 is 0.278 bits per heavy atom. The van der Waals surface area contributed by atoms with Crippen molar-refractivity contribution in [2.45, 2.75) is 129 Å².